The van der Waals surface area contributed by atoms with Crippen LogP contribution in [0.2, 0.25) is 0 Å². The molecule has 2 unspecified atom stereocenters. The minimum atomic E-state index is 0.170. The first-order chi connectivity index (χ1) is 9.24. The van der Waals surface area contributed by atoms with Crippen molar-refractivity contribution in [3.05, 3.63) is 35.4 Å². The van der Waals surface area contributed by atoms with Crippen LogP contribution in [0.3, 0.4) is 0 Å². The van der Waals surface area contributed by atoms with Crippen LogP contribution in [-0.4, -0.2) is 5.78 Å². The number of aryl methyl sites for hydroxylation is 1. The van der Waals surface area contributed by atoms with Crippen molar-refractivity contribution in [2.45, 2.75) is 64.7 Å². The van der Waals surface area contributed by atoms with Gasteiger partial charge in [-0.05, 0) is 36.3 Å². The second-order valence-corrected chi connectivity index (χ2v) is 5.95. The fraction of sp³-hybridized carbons (Fsp3) is 0.611. The zero-order valence-electron chi connectivity index (χ0n) is 12.3. The molecule has 0 N–H and O–H groups in total. The van der Waals surface area contributed by atoms with Gasteiger partial charge in [0.2, 0.25) is 0 Å². The Labute approximate surface area is 117 Å². The minimum absolute atomic E-state index is 0.170. The quantitative estimate of drug-likeness (QED) is 0.734. The number of carbonyl (C=O) groups is 1. The van der Waals surface area contributed by atoms with Gasteiger partial charge in [0, 0.05) is 12.3 Å². The topological polar surface area (TPSA) is 17.1 Å². The van der Waals surface area contributed by atoms with E-state index in [2.05, 4.69) is 38.1 Å². The van der Waals surface area contributed by atoms with E-state index < -0.39 is 0 Å². The maximum atomic E-state index is 12.3. The van der Waals surface area contributed by atoms with Crippen molar-refractivity contribution in [1.29, 1.82) is 0 Å². The number of hydrogen-bond acceptors (Lipinski definition) is 1. The van der Waals surface area contributed by atoms with Crippen LogP contribution in [0.5, 0.6) is 0 Å². The van der Waals surface area contributed by atoms with Crippen LogP contribution in [0, 0.1) is 5.92 Å². The predicted molar refractivity (Wildman–Crippen MR) is 80.4 cm³/mol. The molecule has 2 rings (SSSR count). The Bertz CT molecular complexity index is 404. The van der Waals surface area contributed by atoms with Crippen LogP contribution in [0.15, 0.2) is 24.3 Å². The van der Waals surface area contributed by atoms with Crippen LogP contribution in [0.4, 0.5) is 0 Å². The van der Waals surface area contributed by atoms with E-state index in [1.165, 1.54) is 36.8 Å². The summed E-state index contributed by atoms with van der Waals surface area (Å²) in [6.07, 6.45) is 7.81. The van der Waals surface area contributed by atoms with Crippen molar-refractivity contribution in [1.82, 2.24) is 0 Å². The molecule has 0 aliphatic heterocycles. The Balaban J connectivity index is 2.00. The molecule has 104 valence electrons. The highest BCUT2D eigenvalue weighted by Crippen LogP contribution is 2.35. The second-order valence-electron chi connectivity index (χ2n) is 5.95. The largest absolute Gasteiger partial charge is 0.299 e. The molecule has 0 heterocycles. The standard InChI is InChI=1S/C18H26O/c1-3-5-14-7-10-16(11-8-14)17-12-9-15(6-4-2)13-18(17)19/h7-8,10-11,15,17H,3-6,9,12-13H2,1-2H3. The zero-order valence-corrected chi connectivity index (χ0v) is 12.3. The van der Waals surface area contributed by atoms with Gasteiger partial charge in [0.05, 0.1) is 0 Å². The lowest BCUT2D eigenvalue weighted by Crippen LogP contribution is -2.23. The number of benzene rings is 1. The Morgan fingerprint density at radius 1 is 1.05 bits per heavy atom. The molecule has 0 bridgehead atoms. The van der Waals surface area contributed by atoms with E-state index in [0.717, 1.165) is 19.3 Å². The summed E-state index contributed by atoms with van der Waals surface area (Å²) < 4.78 is 0. The highest BCUT2D eigenvalue weighted by atomic mass is 16.1. The SMILES string of the molecule is CCCc1ccc(C2CCC(CCC)CC2=O)cc1. The molecule has 1 saturated carbocycles. The van der Waals surface area contributed by atoms with Gasteiger partial charge >= 0.3 is 0 Å². The fourth-order valence-corrected chi connectivity index (χ4v) is 3.30. The van der Waals surface area contributed by atoms with Crippen molar-refractivity contribution in [3.8, 4) is 0 Å². The number of Topliss-reactive ketones (excluding diaryl/α,β-unsaturated/α-hetero) is 1. The lowest BCUT2D eigenvalue weighted by Gasteiger charge is -2.27. The van der Waals surface area contributed by atoms with Crippen LogP contribution >= 0.6 is 0 Å². The first-order valence-corrected chi connectivity index (χ1v) is 7.86. The smallest absolute Gasteiger partial charge is 0.140 e. The van der Waals surface area contributed by atoms with E-state index >= 15 is 0 Å². The summed E-state index contributed by atoms with van der Waals surface area (Å²) >= 11 is 0. The van der Waals surface area contributed by atoms with E-state index in [1.54, 1.807) is 0 Å². The van der Waals surface area contributed by atoms with Gasteiger partial charge in [-0.2, -0.15) is 0 Å². The summed E-state index contributed by atoms with van der Waals surface area (Å²) in [5.41, 5.74) is 2.62. The average Bonchev–Trinajstić information content (AvgIpc) is 2.41. The minimum Gasteiger partial charge on any atom is -0.299 e. The third-order valence-electron chi connectivity index (χ3n) is 4.36. The molecule has 1 aliphatic rings. The zero-order chi connectivity index (χ0) is 13.7. The summed E-state index contributed by atoms with van der Waals surface area (Å²) in [7, 11) is 0. The summed E-state index contributed by atoms with van der Waals surface area (Å²) in [5.74, 6) is 1.28. The molecule has 1 aliphatic carbocycles. The lowest BCUT2D eigenvalue weighted by atomic mass is 9.76. The number of hydrogen-bond donors (Lipinski definition) is 0. The molecule has 0 spiro atoms. The van der Waals surface area contributed by atoms with E-state index in [9.17, 15) is 4.79 Å². The Kier molecular flexibility index (Phi) is 5.18. The van der Waals surface area contributed by atoms with E-state index in [1.807, 2.05) is 0 Å². The average molecular weight is 258 g/mol. The Morgan fingerprint density at radius 2 is 1.79 bits per heavy atom. The van der Waals surface area contributed by atoms with Crippen molar-refractivity contribution in [2.24, 2.45) is 5.92 Å². The summed E-state index contributed by atoms with van der Waals surface area (Å²) in [4.78, 5) is 12.3. The molecule has 1 aromatic carbocycles. The van der Waals surface area contributed by atoms with Gasteiger partial charge in [0.15, 0.2) is 0 Å². The molecule has 1 heteroatoms. The Morgan fingerprint density at radius 3 is 2.37 bits per heavy atom. The summed E-state index contributed by atoms with van der Waals surface area (Å²) in [6.45, 7) is 4.41. The van der Waals surface area contributed by atoms with Crippen molar-refractivity contribution < 1.29 is 4.79 Å². The molecule has 0 aromatic heterocycles. The van der Waals surface area contributed by atoms with Crippen LogP contribution in [-0.2, 0) is 11.2 Å². The third-order valence-corrected chi connectivity index (χ3v) is 4.36. The van der Waals surface area contributed by atoms with Crippen molar-refractivity contribution >= 4 is 5.78 Å². The fourth-order valence-electron chi connectivity index (χ4n) is 3.30. The van der Waals surface area contributed by atoms with Gasteiger partial charge < -0.3 is 0 Å². The molecule has 1 nitrogen and oxygen atoms in total. The normalized spacial score (nSPS) is 23.6. The monoisotopic (exact) mass is 258 g/mol. The first-order valence-electron chi connectivity index (χ1n) is 7.86. The predicted octanol–water partition coefficient (Wildman–Crippen LogP) is 4.89. The molecular formula is C18H26O. The lowest BCUT2D eigenvalue weighted by molar-refractivity contribution is -0.123. The van der Waals surface area contributed by atoms with Gasteiger partial charge in [-0.25, -0.2) is 0 Å². The maximum Gasteiger partial charge on any atom is 0.140 e. The molecule has 1 aromatic rings. The van der Waals surface area contributed by atoms with Gasteiger partial charge in [0.1, 0.15) is 5.78 Å². The number of rotatable bonds is 5. The van der Waals surface area contributed by atoms with Gasteiger partial charge in [-0.3, -0.25) is 4.79 Å². The van der Waals surface area contributed by atoms with Gasteiger partial charge in [0.25, 0.3) is 0 Å². The van der Waals surface area contributed by atoms with Crippen LogP contribution in [0.1, 0.15) is 69.4 Å². The van der Waals surface area contributed by atoms with Gasteiger partial charge in [-0.15, -0.1) is 0 Å². The van der Waals surface area contributed by atoms with Gasteiger partial charge in [-0.1, -0.05) is 57.4 Å². The molecule has 1 fully saturated rings. The second kappa shape index (κ2) is 6.88. The first kappa shape index (κ1) is 14.3. The van der Waals surface area contributed by atoms with Crippen molar-refractivity contribution in [3.63, 3.8) is 0 Å². The summed E-state index contributed by atoms with van der Waals surface area (Å²) in [6, 6.07) is 8.75. The van der Waals surface area contributed by atoms with Crippen LogP contribution in [0.25, 0.3) is 0 Å². The number of ketones is 1. The third kappa shape index (κ3) is 3.68. The Hall–Kier alpha value is -1.11. The summed E-state index contributed by atoms with van der Waals surface area (Å²) in [5, 5.41) is 0. The highest BCUT2D eigenvalue weighted by Gasteiger charge is 2.28. The molecule has 0 saturated heterocycles. The maximum absolute atomic E-state index is 12.3. The van der Waals surface area contributed by atoms with Crippen molar-refractivity contribution in [2.75, 3.05) is 0 Å². The molecule has 0 radical (unpaired) electrons. The van der Waals surface area contributed by atoms with E-state index in [4.69, 9.17) is 0 Å². The molecule has 19 heavy (non-hydrogen) atoms. The molecular weight excluding hydrogens is 232 g/mol. The van der Waals surface area contributed by atoms with Crippen LogP contribution < -0.4 is 0 Å². The molecule has 2 atom stereocenters. The number of carbonyl (C=O) groups excluding carboxylic acids is 1. The van der Waals surface area contributed by atoms with E-state index in [0.29, 0.717) is 11.7 Å². The van der Waals surface area contributed by atoms with E-state index in [-0.39, 0.29) is 5.92 Å². The highest BCUT2D eigenvalue weighted by molar-refractivity contribution is 5.86. The molecule has 0 amide bonds.